The van der Waals surface area contributed by atoms with Gasteiger partial charge in [-0.15, -0.1) is 0 Å². The minimum Gasteiger partial charge on any atom is -1.00 e. The van der Waals surface area contributed by atoms with E-state index in [4.69, 9.17) is 0 Å². The quantitative estimate of drug-likeness (QED) is 0.569. The van der Waals surface area contributed by atoms with Crippen molar-refractivity contribution in [2.24, 2.45) is 10.8 Å². The van der Waals surface area contributed by atoms with Crippen LogP contribution in [0.5, 0.6) is 0 Å². The fourth-order valence-electron chi connectivity index (χ4n) is 6.05. The van der Waals surface area contributed by atoms with Gasteiger partial charge < -0.3 is 24.8 Å². The van der Waals surface area contributed by atoms with Gasteiger partial charge in [0.25, 0.3) is 0 Å². The number of hydrogen-bond acceptors (Lipinski definition) is 0. The summed E-state index contributed by atoms with van der Waals surface area (Å²) in [6.45, 7) is 5.26. The summed E-state index contributed by atoms with van der Waals surface area (Å²) in [6, 6.07) is 0. The summed E-state index contributed by atoms with van der Waals surface area (Å²) < 4.78 is 0.826. The number of rotatable bonds is 4. The van der Waals surface area contributed by atoms with E-state index < -0.39 is 23.2 Å². The van der Waals surface area contributed by atoms with E-state index in [0.29, 0.717) is 17.1 Å². The Morgan fingerprint density at radius 3 is 1.11 bits per heavy atom. The molecule has 0 bridgehead atoms. The molecule has 4 aliphatic carbocycles. The Morgan fingerprint density at radius 2 is 0.815 bits per heavy atom. The molecule has 0 aromatic heterocycles. The van der Waals surface area contributed by atoms with Crippen LogP contribution in [0.4, 0.5) is 0 Å². The molecule has 2 fully saturated rings. The first-order valence-corrected chi connectivity index (χ1v) is 13.0. The van der Waals surface area contributed by atoms with Crippen molar-refractivity contribution in [3.63, 3.8) is 0 Å². The molecule has 0 unspecified atom stereocenters. The average Bonchev–Trinajstić information content (AvgIpc) is 3.28. The largest absolute Gasteiger partial charge is 1.00 e. The van der Waals surface area contributed by atoms with Crippen LogP contribution in [0.25, 0.3) is 0 Å². The maximum Gasteiger partial charge on any atom is -1.00 e. The maximum absolute atomic E-state index is 2.65. The summed E-state index contributed by atoms with van der Waals surface area (Å²) in [6.07, 6.45) is 34.5. The molecule has 0 amide bonds. The summed E-state index contributed by atoms with van der Waals surface area (Å²) in [4.78, 5) is 0. The van der Waals surface area contributed by atoms with Gasteiger partial charge in [0.2, 0.25) is 0 Å². The van der Waals surface area contributed by atoms with Crippen LogP contribution in [0.3, 0.4) is 0 Å². The third kappa shape index (κ3) is 4.04. The Hall–Kier alpha value is 0.423. The topological polar surface area (TPSA) is 0 Å². The van der Waals surface area contributed by atoms with Crippen molar-refractivity contribution in [2.75, 3.05) is 0 Å². The van der Waals surface area contributed by atoms with Crippen LogP contribution in [-0.2, 0) is 23.2 Å². The summed E-state index contributed by atoms with van der Waals surface area (Å²) in [5.74, 6) is 0. The van der Waals surface area contributed by atoms with E-state index >= 15 is 0 Å². The van der Waals surface area contributed by atoms with E-state index in [1.54, 1.807) is 0 Å². The molecular formula is C24H34Cl2Zr. The Kier molecular flexibility index (Phi) is 7.95. The Bertz CT molecular complexity index is 538. The molecule has 0 aromatic carbocycles. The van der Waals surface area contributed by atoms with E-state index in [1.807, 2.05) is 0 Å². The number of hydrogen-bond donors (Lipinski definition) is 0. The summed E-state index contributed by atoms with van der Waals surface area (Å²) >= 11 is -0.774. The van der Waals surface area contributed by atoms with Gasteiger partial charge in [-0.05, 0) is 0 Å². The molecule has 0 saturated heterocycles. The van der Waals surface area contributed by atoms with Gasteiger partial charge in [-0.2, -0.15) is 0 Å². The molecule has 4 aliphatic rings. The zero-order valence-electron chi connectivity index (χ0n) is 16.9. The van der Waals surface area contributed by atoms with Gasteiger partial charge in [0.1, 0.15) is 0 Å². The SMILES string of the molecule is CC1([C]2([Zr+2][C]3(C4(C)CCCCC4)C=CC=C3)C=CC=C2)CCCCC1.[Cl-].[Cl-]. The van der Waals surface area contributed by atoms with Gasteiger partial charge in [0.15, 0.2) is 0 Å². The van der Waals surface area contributed by atoms with Crippen molar-refractivity contribution < 1.29 is 48.0 Å². The van der Waals surface area contributed by atoms with Gasteiger partial charge in [-0.25, -0.2) is 0 Å². The second-order valence-corrected chi connectivity index (χ2v) is 14.2. The monoisotopic (exact) mass is 482 g/mol. The minimum absolute atomic E-state index is 0. The molecule has 0 aromatic rings. The third-order valence-electron chi connectivity index (χ3n) is 7.98. The van der Waals surface area contributed by atoms with Crippen molar-refractivity contribution >= 4 is 0 Å². The Labute approximate surface area is 190 Å². The van der Waals surface area contributed by atoms with Gasteiger partial charge in [0.05, 0.1) is 0 Å². The molecule has 0 spiro atoms. The molecular weight excluding hydrogens is 450 g/mol. The number of allylic oxidation sites excluding steroid dienone is 8. The molecule has 0 nitrogen and oxygen atoms in total. The molecule has 4 rings (SSSR count). The van der Waals surface area contributed by atoms with E-state index in [0.717, 1.165) is 0 Å². The molecule has 0 heterocycles. The molecule has 0 atom stereocenters. The Balaban J connectivity index is 0.00000131. The maximum atomic E-state index is 2.65. The molecule has 2 saturated carbocycles. The first-order chi connectivity index (χ1) is 12.0. The van der Waals surface area contributed by atoms with Gasteiger partial charge >= 0.3 is 167 Å². The van der Waals surface area contributed by atoms with Crippen molar-refractivity contribution in [1.29, 1.82) is 0 Å². The van der Waals surface area contributed by atoms with Crippen LogP contribution in [-0.4, -0.2) is 0 Å². The van der Waals surface area contributed by atoms with Crippen LogP contribution in [0.2, 0.25) is 6.25 Å². The average molecular weight is 485 g/mol. The predicted octanol–water partition coefficient (Wildman–Crippen LogP) is 1.59. The minimum atomic E-state index is -0.774. The van der Waals surface area contributed by atoms with Gasteiger partial charge in [-0.1, -0.05) is 0 Å². The molecule has 148 valence electrons. The van der Waals surface area contributed by atoms with Gasteiger partial charge in [0, 0.05) is 0 Å². The Morgan fingerprint density at radius 1 is 0.519 bits per heavy atom. The molecule has 0 aliphatic heterocycles. The van der Waals surface area contributed by atoms with Crippen molar-refractivity contribution in [2.45, 2.75) is 84.3 Å². The van der Waals surface area contributed by atoms with E-state index in [1.165, 1.54) is 64.2 Å². The zero-order valence-corrected chi connectivity index (χ0v) is 20.9. The standard InChI is InChI=1S/2C12H17.2ClH.Zr/c2*1-12(9-5-2-6-10-12)11-7-3-4-8-11;;;/h2*3-4,7-8H,2,5-6,9-10H2,1H3;2*1H;/q;;;;+2/p-2. The van der Waals surface area contributed by atoms with E-state index in [2.05, 4.69) is 62.5 Å². The molecule has 0 N–H and O–H groups in total. The third-order valence-corrected chi connectivity index (χ3v) is 14.6. The van der Waals surface area contributed by atoms with Gasteiger partial charge in [-0.3, -0.25) is 0 Å². The summed E-state index contributed by atoms with van der Waals surface area (Å²) in [7, 11) is 0. The fourth-order valence-corrected chi connectivity index (χ4v) is 12.2. The van der Waals surface area contributed by atoms with Crippen LogP contribution < -0.4 is 24.8 Å². The van der Waals surface area contributed by atoms with Crippen molar-refractivity contribution in [3.05, 3.63) is 48.6 Å². The van der Waals surface area contributed by atoms with Crippen molar-refractivity contribution in [3.8, 4) is 0 Å². The molecule has 0 radical (unpaired) electrons. The van der Waals surface area contributed by atoms with Crippen LogP contribution in [0.15, 0.2) is 48.6 Å². The first-order valence-electron chi connectivity index (χ1n) is 10.6. The summed E-state index contributed by atoms with van der Waals surface area (Å²) in [5, 5.41) is 0. The smallest absolute Gasteiger partial charge is 1.00 e. The first kappa shape index (κ1) is 23.7. The second kappa shape index (κ2) is 9.06. The molecule has 27 heavy (non-hydrogen) atoms. The van der Waals surface area contributed by atoms with Crippen LogP contribution in [0.1, 0.15) is 78.1 Å². The van der Waals surface area contributed by atoms with E-state index in [-0.39, 0.29) is 24.8 Å². The van der Waals surface area contributed by atoms with Crippen molar-refractivity contribution in [1.82, 2.24) is 0 Å². The normalized spacial score (nSPS) is 28.2. The molecule has 3 heteroatoms. The van der Waals surface area contributed by atoms with E-state index in [9.17, 15) is 0 Å². The number of halogens is 2. The summed E-state index contributed by atoms with van der Waals surface area (Å²) in [5.41, 5.74) is 1.01. The van der Waals surface area contributed by atoms with Crippen LogP contribution in [0, 0.1) is 10.8 Å². The fraction of sp³-hybridized carbons (Fsp3) is 0.667. The predicted molar refractivity (Wildman–Crippen MR) is 104 cm³/mol. The second-order valence-electron chi connectivity index (χ2n) is 9.54. The zero-order chi connectivity index (χ0) is 17.4. The van der Waals surface area contributed by atoms with Crippen LogP contribution >= 0.6 is 0 Å².